The van der Waals surface area contributed by atoms with E-state index in [1.54, 1.807) is 19.9 Å². The maximum Gasteiger partial charge on any atom is 0.426 e. The quantitative estimate of drug-likeness (QED) is 0.602. The number of hydrogen-bond acceptors (Lipinski definition) is 3. The molecule has 7 heteroatoms. The van der Waals surface area contributed by atoms with Crippen LogP contribution >= 0.6 is 11.6 Å². The SMILES string of the molecule is Cc1ccc(N)c(C)c1COC(=O)[C@H]1[C@@H](C=C(Cl)C(F)(F)F)C1(C)C. The minimum Gasteiger partial charge on any atom is -0.461 e. The second kappa shape index (κ2) is 6.56. The van der Waals surface area contributed by atoms with Gasteiger partial charge in [-0.15, -0.1) is 0 Å². The predicted molar refractivity (Wildman–Crippen MR) is 90.9 cm³/mol. The van der Waals surface area contributed by atoms with Crippen LogP contribution in [0, 0.1) is 31.1 Å². The van der Waals surface area contributed by atoms with E-state index >= 15 is 0 Å². The van der Waals surface area contributed by atoms with Crippen molar-refractivity contribution in [1.29, 1.82) is 0 Å². The number of carbonyl (C=O) groups excluding carboxylic acids is 1. The molecule has 138 valence electrons. The van der Waals surface area contributed by atoms with E-state index in [1.165, 1.54) is 0 Å². The Bertz CT molecular complexity index is 726. The number of nitrogen functional groups attached to an aromatic ring is 1. The summed E-state index contributed by atoms with van der Waals surface area (Å²) in [5.41, 5.74) is 8.42. The molecule has 1 saturated carbocycles. The van der Waals surface area contributed by atoms with Crippen molar-refractivity contribution < 1.29 is 22.7 Å². The number of rotatable bonds is 4. The summed E-state index contributed by atoms with van der Waals surface area (Å²) < 4.78 is 43.1. The lowest BCUT2D eigenvalue weighted by molar-refractivity contribution is -0.147. The van der Waals surface area contributed by atoms with Crippen molar-refractivity contribution >= 4 is 23.3 Å². The van der Waals surface area contributed by atoms with E-state index in [1.807, 2.05) is 19.9 Å². The molecule has 1 aliphatic carbocycles. The first-order chi connectivity index (χ1) is 11.4. The highest BCUT2D eigenvalue weighted by Gasteiger charge is 2.62. The summed E-state index contributed by atoms with van der Waals surface area (Å²) >= 11 is 5.29. The highest BCUT2D eigenvalue weighted by Crippen LogP contribution is 2.60. The Balaban J connectivity index is 2.09. The Morgan fingerprint density at radius 2 is 1.96 bits per heavy atom. The third-order valence-electron chi connectivity index (χ3n) is 4.99. The highest BCUT2D eigenvalue weighted by molar-refractivity contribution is 6.30. The fourth-order valence-corrected chi connectivity index (χ4v) is 3.19. The highest BCUT2D eigenvalue weighted by atomic mass is 35.5. The van der Waals surface area contributed by atoms with Crippen LogP contribution in [0.25, 0.3) is 0 Å². The summed E-state index contributed by atoms with van der Waals surface area (Å²) in [6, 6.07) is 3.61. The topological polar surface area (TPSA) is 52.3 Å². The Hall–Kier alpha value is -1.69. The Kier molecular flexibility index (Phi) is 5.15. The normalized spacial score (nSPS) is 22.6. The molecule has 0 aliphatic heterocycles. The van der Waals surface area contributed by atoms with Crippen LogP contribution in [0.2, 0.25) is 0 Å². The molecule has 0 unspecified atom stereocenters. The standard InChI is InChI=1S/C18H21ClF3NO2/c1-9-5-6-13(23)10(2)11(9)8-25-16(24)15-12(17(15,3)4)7-14(19)18(20,21)22/h5-7,12,15H,8,23H2,1-4H3/t12-,15-/m1/s1. The number of allylic oxidation sites excluding steroid dienone is 2. The second-order valence-corrected chi connectivity index (χ2v) is 7.43. The van der Waals surface area contributed by atoms with Crippen molar-refractivity contribution in [2.45, 2.75) is 40.5 Å². The van der Waals surface area contributed by atoms with Gasteiger partial charge in [0.25, 0.3) is 0 Å². The van der Waals surface area contributed by atoms with Gasteiger partial charge in [0, 0.05) is 5.69 Å². The van der Waals surface area contributed by atoms with Gasteiger partial charge in [0.2, 0.25) is 0 Å². The number of hydrogen-bond donors (Lipinski definition) is 1. The average Bonchev–Trinajstić information content (AvgIpc) is 3.02. The monoisotopic (exact) mass is 375 g/mol. The van der Waals surface area contributed by atoms with E-state index < -0.39 is 34.4 Å². The van der Waals surface area contributed by atoms with Crippen LogP contribution in [0.5, 0.6) is 0 Å². The summed E-state index contributed by atoms with van der Waals surface area (Å²) in [5.74, 6) is -1.78. The van der Waals surface area contributed by atoms with Crippen molar-refractivity contribution in [1.82, 2.24) is 0 Å². The van der Waals surface area contributed by atoms with Crippen LogP contribution < -0.4 is 5.73 Å². The maximum atomic E-state index is 12.6. The largest absolute Gasteiger partial charge is 0.461 e. The molecule has 0 saturated heterocycles. The van der Waals surface area contributed by atoms with E-state index in [9.17, 15) is 18.0 Å². The molecule has 0 amide bonds. The molecule has 1 fully saturated rings. The molecule has 0 bridgehead atoms. The zero-order valence-corrected chi connectivity index (χ0v) is 15.3. The zero-order valence-electron chi connectivity index (χ0n) is 14.5. The number of nitrogens with two attached hydrogens (primary N) is 1. The van der Waals surface area contributed by atoms with Gasteiger partial charge in [-0.05, 0) is 47.9 Å². The zero-order chi connectivity index (χ0) is 19.2. The summed E-state index contributed by atoms with van der Waals surface area (Å²) in [5, 5.41) is -1.21. The molecule has 3 nitrogen and oxygen atoms in total. The fourth-order valence-electron chi connectivity index (χ4n) is 3.06. The van der Waals surface area contributed by atoms with E-state index in [4.69, 9.17) is 22.1 Å². The predicted octanol–water partition coefficient (Wildman–Crippen LogP) is 4.89. The molecule has 2 rings (SSSR count). The minimum atomic E-state index is -4.61. The number of esters is 1. The summed E-state index contributed by atoms with van der Waals surface area (Å²) in [4.78, 5) is 12.3. The first-order valence-corrected chi connectivity index (χ1v) is 8.21. The number of anilines is 1. The van der Waals surface area contributed by atoms with E-state index in [2.05, 4.69) is 0 Å². The molecule has 0 radical (unpaired) electrons. The van der Waals surface area contributed by atoms with Crippen molar-refractivity contribution in [3.63, 3.8) is 0 Å². The van der Waals surface area contributed by atoms with E-state index in [-0.39, 0.29) is 6.61 Å². The van der Waals surface area contributed by atoms with Crippen LogP contribution in [0.4, 0.5) is 18.9 Å². The maximum absolute atomic E-state index is 12.6. The van der Waals surface area contributed by atoms with Crippen LogP contribution in [-0.2, 0) is 16.1 Å². The van der Waals surface area contributed by atoms with Crippen LogP contribution in [0.1, 0.15) is 30.5 Å². The molecule has 0 heterocycles. The molecular formula is C18H21ClF3NO2. The smallest absolute Gasteiger partial charge is 0.426 e. The number of benzene rings is 1. The number of carbonyl (C=O) groups is 1. The fraction of sp³-hybridized carbons (Fsp3) is 0.500. The van der Waals surface area contributed by atoms with Gasteiger partial charge in [-0.2, -0.15) is 13.2 Å². The van der Waals surface area contributed by atoms with Gasteiger partial charge in [-0.25, -0.2) is 0 Å². The van der Waals surface area contributed by atoms with Gasteiger partial charge in [-0.1, -0.05) is 37.6 Å². The number of ether oxygens (including phenoxy) is 1. The van der Waals surface area contributed by atoms with Crippen molar-refractivity contribution in [2.24, 2.45) is 17.3 Å². The number of alkyl halides is 3. The van der Waals surface area contributed by atoms with Gasteiger partial charge in [-0.3, -0.25) is 4.79 Å². The number of halogens is 4. The van der Waals surface area contributed by atoms with Crippen LogP contribution in [0.3, 0.4) is 0 Å². The summed E-state index contributed by atoms with van der Waals surface area (Å²) in [6.45, 7) is 7.19. The molecule has 25 heavy (non-hydrogen) atoms. The lowest BCUT2D eigenvalue weighted by atomic mass is 10.0. The molecule has 1 aliphatic rings. The first kappa shape index (κ1) is 19.6. The number of aryl methyl sites for hydroxylation is 1. The van der Waals surface area contributed by atoms with Gasteiger partial charge in [0.15, 0.2) is 0 Å². The summed E-state index contributed by atoms with van der Waals surface area (Å²) in [6.07, 6.45) is -3.70. The molecule has 2 N–H and O–H groups in total. The Morgan fingerprint density at radius 1 is 1.36 bits per heavy atom. The molecule has 2 atom stereocenters. The van der Waals surface area contributed by atoms with Crippen LogP contribution in [-0.4, -0.2) is 12.1 Å². The Morgan fingerprint density at radius 3 is 2.52 bits per heavy atom. The minimum absolute atomic E-state index is 0.0392. The van der Waals surface area contributed by atoms with E-state index in [0.717, 1.165) is 22.8 Å². The molecular weight excluding hydrogens is 355 g/mol. The second-order valence-electron chi connectivity index (χ2n) is 7.02. The van der Waals surface area contributed by atoms with Gasteiger partial charge in [0.05, 0.1) is 5.92 Å². The van der Waals surface area contributed by atoms with Gasteiger partial charge >= 0.3 is 12.1 Å². The molecule has 0 spiro atoms. The first-order valence-electron chi connectivity index (χ1n) is 7.83. The van der Waals surface area contributed by atoms with Crippen molar-refractivity contribution in [2.75, 3.05) is 5.73 Å². The third-order valence-corrected chi connectivity index (χ3v) is 5.33. The van der Waals surface area contributed by atoms with Crippen molar-refractivity contribution in [3.05, 3.63) is 39.9 Å². The third kappa shape index (κ3) is 3.94. The summed E-state index contributed by atoms with van der Waals surface area (Å²) in [7, 11) is 0. The molecule has 1 aromatic rings. The Labute approximate surface area is 150 Å². The lowest BCUT2D eigenvalue weighted by Gasteiger charge is -2.13. The lowest BCUT2D eigenvalue weighted by Crippen LogP contribution is -2.12. The average molecular weight is 376 g/mol. The molecule has 0 aromatic heterocycles. The van der Waals surface area contributed by atoms with E-state index in [0.29, 0.717) is 5.69 Å². The van der Waals surface area contributed by atoms with Gasteiger partial charge in [0.1, 0.15) is 11.6 Å². The molecule has 1 aromatic carbocycles. The van der Waals surface area contributed by atoms with Gasteiger partial charge < -0.3 is 10.5 Å². The van der Waals surface area contributed by atoms with Crippen molar-refractivity contribution in [3.8, 4) is 0 Å². The van der Waals surface area contributed by atoms with Crippen LogP contribution in [0.15, 0.2) is 23.2 Å².